The van der Waals surface area contributed by atoms with E-state index in [4.69, 9.17) is 5.26 Å². The molecule has 4 rings (SSSR count). The number of nitriles is 1. The molecule has 0 aliphatic carbocycles. The van der Waals surface area contributed by atoms with Crippen molar-refractivity contribution in [2.75, 3.05) is 11.1 Å². The van der Waals surface area contributed by atoms with E-state index in [2.05, 4.69) is 15.3 Å². The van der Waals surface area contributed by atoms with Crippen LogP contribution in [0, 0.1) is 11.3 Å². The molecule has 0 aliphatic heterocycles. The number of aromatic nitrogens is 2. The third-order valence-electron chi connectivity index (χ3n) is 4.33. The lowest BCUT2D eigenvalue weighted by molar-refractivity contribution is -0.113. The molecule has 0 unspecified atom stereocenters. The van der Waals surface area contributed by atoms with Gasteiger partial charge in [-0.25, -0.2) is 4.98 Å². The second kappa shape index (κ2) is 8.95. The summed E-state index contributed by atoms with van der Waals surface area (Å²) < 4.78 is 0. The Balaban J connectivity index is 1.42. The van der Waals surface area contributed by atoms with E-state index in [1.165, 1.54) is 23.1 Å². The number of amides is 1. The molecule has 148 valence electrons. The Bertz CT molecular complexity index is 1310. The minimum atomic E-state index is -0.180. The third kappa shape index (κ3) is 4.43. The van der Waals surface area contributed by atoms with Crippen molar-refractivity contribution in [2.24, 2.45) is 0 Å². The summed E-state index contributed by atoms with van der Waals surface area (Å²) in [7, 11) is 0. The standard InChI is InChI=1S/C22H16N4O2S2/c23-10-14-5-4-8-16(9-14)24-19(27)13-29-12-18-25-21(28)20-17(11-30-22(20)26-18)15-6-2-1-3-7-15/h1-9,11H,12-13H2,(H,24,27)(H,25,26,28). The average Bonchev–Trinajstić information content (AvgIpc) is 3.19. The number of nitrogens with zero attached hydrogens (tertiary/aromatic N) is 2. The van der Waals surface area contributed by atoms with Crippen molar-refractivity contribution in [3.05, 3.63) is 81.7 Å². The lowest BCUT2D eigenvalue weighted by Gasteiger charge is -2.05. The molecule has 0 atom stereocenters. The number of carbonyl (C=O) groups is 1. The summed E-state index contributed by atoms with van der Waals surface area (Å²) in [4.78, 5) is 32.9. The number of H-pyrrole nitrogens is 1. The van der Waals surface area contributed by atoms with Crippen LogP contribution in [0.4, 0.5) is 5.69 Å². The van der Waals surface area contributed by atoms with Gasteiger partial charge in [0, 0.05) is 16.6 Å². The Morgan fingerprint density at radius 2 is 2.03 bits per heavy atom. The number of rotatable bonds is 6. The van der Waals surface area contributed by atoms with E-state index in [1.807, 2.05) is 41.8 Å². The molecule has 1 amide bonds. The maximum absolute atomic E-state index is 12.6. The van der Waals surface area contributed by atoms with Gasteiger partial charge >= 0.3 is 0 Å². The molecule has 8 heteroatoms. The van der Waals surface area contributed by atoms with Crippen LogP contribution >= 0.6 is 23.1 Å². The minimum Gasteiger partial charge on any atom is -0.325 e. The molecule has 0 bridgehead atoms. The van der Waals surface area contributed by atoms with Gasteiger partial charge in [0.15, 0.2) is 0 Å². The fourth-order valence-corrected chi connectivity index (χ4v) is 4.65. The number of fused-ring (bicyclic) bond motifs is 1. The SMILES string of the molecule is N#Cc1cccc(NC(=O)CSCc2nc3scc(-c4ccccc4)c3c(=O)[nH]2)c1. The van der Waals surface area contributed by atoms with Crippen LogP contribution in [0.15, 0.2) is 64.8 Å². The zero-order valence-electron chi connectivity index (χ0n) is 15.7. The smallest absolute Gasteiger partial charge is 0.260 e. The second-order valence-corrected chi connectivity index (χ2v) is 8.29. The van der Waals surface area contributed by atoms with Gasteiger partial charge in [0.1, 0.15) is 10.7 Å². The Kier molecular flexibility index (Phi) is 5.93. The number of benzene rings is 2. The van der Waals surface area contributed by atoms with Gasteiger partial charge in [-0.05, 0) is 23.8 Å². The highest BCUT2D eigenvalue weighted by Crippen LogP contribution is 2.30. The zero-order chi connectivity index (χ0) is 20.9. The monoisotopic (exact) mass is 432 g/mol. The van der Waals surface area contributed by atoms with E-state index in [-0.39, 0.29) is 17.2 Å². The molecule has 2 aromatic heterocycles. The van der Waals surface area contributed by atoms with Crippen molar-refractivity contribution < 1.29 is 4.79 Å². The number of nitrogens with one attached hydrogen (secondary N) is 2. The van der Waals surface area contributed by atoms with Crippen LogP contribution in [0.3, 0.4) is 0 Å². The molecule has 2 heterocycles. The second-order valence-electron chi connectivity index (χ2n) is 6.44. The maximum atomic E-state index is 12.6. The van der Waals surface area contributed by atoms with Crippen LogP contribution < -0.4 is 10.9 Å². The number of thiophene rings is 1. The predicted molar refractivity (Wildman–Crippen MR) is 122 cm³/mol. The summed E-state index contributed by atoms with van der Waals surface area (Å²) in [6.45, 7) is 0. The Hall–Kier alpha value is -3.41. The van der Waals surface area contributed by atoms with E-state index in [9.17, 15) is 9.59 Å². The lowest BCUT2D eigenvalue weighted by atomic mass is 10.1. The van der Waals surface area contributed by atoms with Crippen molar-refractivity contribution in [2.45, 2.75) is 5.75 Å². The van der Waals surface area contributed by atoms with Crippen LogP contribution in [0.5, 0.6) is 0 Å². The largest absolute Gasteiger partial charge is 0.325 e. The number of aromatic amines is 1. The van der Waals surface area contributed by atoms with Crippen LogP contribution in [0.2, 0.25) is 0 Å². The van der Waals surface area contributed by atoms with Gasteiger partial charge in [-0.1, -0.05) is 36.4 Å². The number of anilines is 1. The molecule has 0 spiro atoms. The average molecular weight is 433 g/mol. The van der Waals surface area contributed by atoms with Crippen molar-refractivity contribution in [3.63, 3.8) is 0 Å². The molecule has 0 radical (unpaired) electrons. The van der Waals surface area contributed by atoms with Crippen molar-refractivity contribution in [1.29, 1.82) is 5.26 Å². The van der Waals surface area contributed by atoms with Gasteiger partial charge in [0.05, 0.1) is 28.5 Å². The summed E-state index contributed by atoms with van der Waals surface area (Å²) in [5.74, 6) is 0.979. The van der Waals surface area contributed by atoms with Gasteiger partial charge in [0.25, 0.3) is 5.56 Å². The fraction of sp³-hybridized carbons (Fsp3) is 0.0909. The van der Waals surface area contributed by atoms with Crippen molar-refractivity contribution in [3.8, 4) is 17.2 Å². The van der Waals surface area contributed by atoms with E-state index >= 15 is 0 Å². The fourth-order valence-electron chi connectivity index (χ4n) is 3.00. The zero-order valence-corrected chi connectivity index (χ0v) is 17.3. The molecular weight excluding hydrogens is 416 g/mol. The highest BCUT2D eigenvalue weighted by molar-refractivity contribution is 7.99. The first-order valence-corrected chi connectivity index (χ1v) is 11.1. The molecule has 2 N–H and O–H groups in total. The highest BCUT2D eigenvalue weighted by Gasteiger charge is 2.13. The Morgan fingerprint density at radius 1 is 1.20 bits per heavy atom. The topological polar surface area (TPSA) is 98.6 Å². The minimum absolute atomic E-state index is 0.173. The van der Waals surface area contributed by atoms with Crippen LogP contribution in [0.1, 0.15) is 11.4 Å². The lowest BCUT2D eigenvalue weighted by Crippen LogP contribution is -2.15. The van der Waals surface area contributed by atoms with Gasteiger partial charge in [-0.2, -0.15) is 5.26 Å². The molecule has 6 nitrogen and oxygen atoms in total. The maximum Gasteiger partial charge on any atom is 0.260 e. The number of thioether (sulfide) groups is 1. The molecule has 0 aliphatic rings. The Labute approximate surface area is 180 Å². The van der Waals surface area contributed by atoms with E-state index in [1.54, 1.807) is 24.3 Å². The molecule has 0 saturated heterocycles. The summed E-state index contributed by atoms with van der Waals surface area (Å²) in [5.41, 5.74) is 2.76. The molecule has 4 aromatic rings. The molecule has 2 aromatic carbocycles. The van der Waals surface area contributed by atoms with Gasteiger partial charge in [-0.3, -0.25) is 9.59 Å². The van der Waals surface area contributed by atoms with Crippen molar-refractivity contribution >= 4 is 44.9 Å². The summed E-state index contributed by atoms with van der Waals surface area (Å²) in [6.07, 6.45) is 0. The first-order valence-electron chi connectivity index (χ1n) is 9.07. The Morgan fingerprint density at radius 3 is 2.83 bits per heavy atom. The first-order chi connectivity index (χ1) is 14.6. The molecule has 0 saturated carbocycles. The van der Waals surface area contributed by atoms with Crippen molar-refractivity contribution in [1.82, 2.24) is 9.97 Å². The van der Waals surface area contributed by atoms with E-state index in [0.717, 1.165) is 11.1 Å². The van der Waals surface area contributed by atoms with Gasteiger partial charge in [-0.15, -0.1) is 23.1 Å². The summed E-state index contributed by atoms with van der Waals surface area (Å²) in [6, 6.07) is 18.5. The number of carbonyl (C=O) groups excluding carboxylic acids is 1. The first kappa shape index (κ1) is 19.9. The van der Waals surface area contributed by atoms with Gasteiger partial charge < -0.3 is 10.3 Å². The molecule has 30 heavy (non-hydrogen) atoms. The van der Waals surface area contributed by atoms with Crippen LogP contribution in [-0.2, 0) is 10.5 Å². The number of hydrogen-bond acceptors (Lipinski definition) is 6. The van der Waals surface area contributed by atoms with E-state index in [0.29, 0.717) is 33.0 Å². The highest BCUT2D eigenvalue weighted by atomic mass is 32.2. The van der Waals surface area contributed by atoms with Crippen LogP contribution in [-0.4, -0.2) is 21.6 Å². The normalized spacial score (nSPS) is 10.6. The van der Waals surface area contributed by atoms with Crippen LogP contribution in [0.25, 0.3) is 21.3 Å². The summed E-state index contributed by atoms with van der Waals surface area (Å²) in [5, 5.41) is 14.2. The third-order valence-corrected chi connectivity index (χ3v) is 6.14. The number of hydrogen-bond donors (Lipinski definition) is 2. The molecular formula is C22H16N4O2S2. The molecule has 0 fully saturated rings. The van der Waals surface area contributed by atoms with E-state index < -0.39 is 0 Å². The van der Waals surface area contributed by atoms with Gasteiger partial charge in [0.2, 0.25) is 5.91 Å². The summed E-state index contributed by atoms with van der Waals surface area (Å²) >= 11 is 2.80. The quantitative estimate of drug-likeness (QED) is 0.471. The predicted octanol–water partition coefficient (Wildman–Crippen LogP) is 4.40.